The van der Waals surface area contributed by atoms with Crippen LogP contribution in [0.1, 0.15) is 32.4 Å². The Bertz CT molecular complexity index is 367. The highest BCUT2D eigenvalue weighted by Gasteiger charge is 2.08. The minimum Gasteiger partial charge on any atom is -0.491 e. The summed E-state index contributed by atoms with van der Waals surface area (Å²) in [6, 6.07) is 5.84. The fourth-order valence-electron chi connectivity index (χ4n) is 1.54. The molecule has 1 atom stereocenters. The predicted molar refractivity (Wildman–Crippen MR) is 77.9 cm³/mol. The Kier molecular flexibility index (Phi) is 6.68. The molecule has 0 radical (unpaired) electrons. The number of rotatable bonds is 7. The number of hydrogen-bond donors (Lipinski definition) is 1. The van der Waals surface area contributed by atoms with Crippen LogP contribution in [0.2, 0.25) is 0 Å². The summed E-state index contributed by atoms with van der Waals surface area (Å²) in [5.74, 6) is 1.39. The van der Waals surface area contributed by atoms with Gasteiger partial charge in [0, 0.05) is 22.7 Å². The summed E-state index contributed by atoms with van der Waals surface area (Å²) in [5, 5.41) is 0. The topological polar surface area (TPSA) is 44.5 Å². The Balaban J connectivity index is 2.46. The normalized spacial score (nSPS) is 12.8. The molecule has 0 aromatic heterocycles. The van der Waals surface area contributed by atoms with E-state index >= 15 is 0 Å². The van der Waals surface area contributed by atoms with Gasteiger partial charge in [0.05, 0.1) is 6.61 Å². The van der Waals surface area contributed by atoms with Crippen LogP contribution in [0.4, 0.5) is 0 Å². The minimum atomic E-state index is -0.0471. The Morgan fingerprint density at radius 2 is 1.94 bits per heavy atom. The fraction of sp³-hybridized carbons (Fsp3) is 0.571. The van der Waals surface area contributed by atoms with E-state index in [9.17, 15) is 0 Å². The molecule has 0 saturated carbocycles. The van der Waals surface area contributed by atoms with Gasteiger partial charge in [-0.15, -0.1) is 0 Å². The molecule has 0 aliphatic heterocycles. The van der Waals surface area contributed by atoms with Crippen LogP contribution in [0, 0.1) is 5.92 Å². The molecule has 0 amide bonds. The van der Waals surface area contributed by atoms with Crippen molar-refractivity contribution in [1.82, 2.24) is 0 Å². The zero-order valence-corrected chi connectivity index (χ0v) is 12.9. The van der Waals surface area contributed by atoms with Crippen molar-refractivity contribution in [2.45, 2.75) is 26.8 Å². The summed E-state index contributed by atoms with van der Waals surface area (Å²) >= 11 is 3.44. The number of nitrogens with two attached hydrogens (primary N) is 1. The van der Waals surface area contributed by atoms with Gasteiger partial charge in [-0.25, -0.2) is 0 Å². The van der Waals surface area contributed by atoms with Gasteiger partial charge >= 0.3 is 0 Å². The van der Waals surface area contributed by atoms with Crippen molar-refractivity contribution < 1.29 is 9.47 Å². The molecule has 0 aliphatic carbocycles. The monoisotopic (exact) mass is 315 g/mol. The van der Waals surface area contributed by atoms with Crippen LogP contribution in [0.15, 0.2) is 22.7 Å². The summed E-state index contributed by atoms with van der Waals surface area (Å²) in [7, 11) is 0. The van der Waals surface area contributed by atoms with Gasteiger partial charge in [0.2, 0.25) is 0 Å². The zero-order valence-electron chi connectivity index (χ0n) is 11.3. The molecule has 0 unspecified atom stereocenters. The second kappa shape index (κ2) is 7.77. The quantitative estimate of drug-likeness (QED) is 0.783. The molecule has 3 nitrogen and oxygen atoms in total. The first-order chi connectivity index (χ1) is 8.50. The summed E-state index contributed by atoms with van der Waals surface area (Å²) in [4.78, 5) is 0. The standard InChI is InChI=1S/C14H22BrNO2/c1-10(2)9-17-6-7-18-14-5-4-12(15)8-13(14)11(3)16/h4-5,8,10-11H,6-7,9,16H2,1-3H3/t11-/m1/s1. The van der Waals surface area contributed by atoms with Gasteiger partial charge in [-0.1, -0.05) is 29.8 Å². The van der Waals surface area contributed by atoms with Crippen LogP contribution in [-0.2, 0) is 4.74 Å². The van der Waals surface area contributed by atoms with Crippen LogP contribution in [0.5, 0.6) is 5.75 Å². The van der Waals surface area contributed by atoms with E-state index in [0.29, 0.717) is 19.1 Å². The maximum atomic E-state index is 5.92. The van der Waals surface area contributed by atoms with E-state index < -0.39 is 0 Å². The molecule has 0 saturated heterocycles. The molecular formula is C14H22BrNO2. The lowest BCUT2D eigenvalue weighted by molar-refractivity contribution is 0.0815. The SMILES string of the molecule is CC(C)COCCOc1ccc(Br)cc1[C@@H](C)N. The van der Waals surface area contributed by atoms with Crippen molar-refractivity contribution in [3.8, 4) is 5.75 Å². The minimum absolute atomic E-state index is 0.0471. The zero-order chi connectivity index (χ0) is 13.5. The van der Waals surface area contributed by atoms with E-state index in [0.717, 1.165) is 22.4 Å². The molecule has 0 aliphatic rings. The molecule has 1 rings (SSSR count). The first-order valence-corrected chi connectivity index (χ1v) is 7.05. The Labute approximate surface area is 118 Å². The Hall–Kier alpha value is -0.580. The summed E-state index contributed by atoms with van der Waals surface area (Å²) in [5.41, 5.74) is 6.93. The molecule has 0 heterocycles. The van der Waals surface area contributed by atoms with Crippen LogP contribution in [0.3, 0.4) is 0 Å². The Morgan fingerprint density at radius 1 is 1.22 bits per heavy atom. The Morgan fingerprint density at radius 3 is 2.56 bits per heavy atom. The number of halogens is 1. The molecule has 1 aromatic carbocycles. The maximum absolute atomic E-state index is 5.92. The highest BCUT2D eigenvalue weighted by atomic mass is 79.9. The first kappa shape index (κ1) is 15.5. The third-order valence-electron chi connectivity index (χ3n) is 2.40. The summed E-state index contributed by atoms with van der Waals surface area (Å²) < 4.78 is 12.2. The second-order valence-corrected chi connectivity index (χ2v) is 5.70. The fourth-order valence-corrected chi connectivity index (χ4v) is 1.91. The van der Waals surface area contributed by atoms with Gasteiger partial charge in [-0.05, 0) is 31.0 Å². The van der Waals surface area contributed by atoms with E-state index in [4.69, 9.17) is 15.2 Å². The van der Waals surface area contributed by atoms with Gasteiger partial charge in [0.25, 0.3) is 0 Å². The van der Waals surface area contributed by atoms with Crippen LogP contribution < -0.4 is 10.5 Å². The van der Waals surface area contributed by atoms with E-state index in [1.54, 1.807) is 0 Å². The van der Waals surface area contributed by atoms with Crippen LogP contribution in [-0.4, -0.2) is 19.8 Å². The van der Waals surface area contributed by atoms with Gasteiger partial charge in [0.15, 0.2) is 0 Å². The van der Waals surface area contributed by atoms with Crippen molar-refractivity contribution in [1.29, 1.82) is 0 Å². The molecule has 4 heteroatoms. The van der Waals surface area contributed by atoms with E-state index in [1.165, 1.54) is 0 Å². The van der Waals surface area contributed by atoms with E-state index in [2.05, 4.69) is 29.8 Å². The summed E-state index contributed by atoms with van der Waals surface area (Å²) in [6.45, 7) is 8.13. The lowest BCUT2D eigenvalue weighted by Crippen LogP contribution is -2.13. The lowest BCUT2D eigenvalue weighted by Gasteiger charge is -2.15. The first-order valence-electron chi connectivity index (χ1n) is 6.26. The van der Waals surface area contributed by atoms with Gasteiger partial charge < -0.3 is 15.2 Å². The summed E-state index contributed by atoms with van der Waals surface area (Å²) in [6.07, 6.45) is 0. The van der Waals surface area contributed by atoms with E-state index in [-0.39, 0.29) is 6.04 Å². The van der Waals surface area contributed by atoms with Crippen molar-refractivity contribution >= 4 is 15.9 Å². The van der Waals surface area contributed by atoms with E-state index in [1.807, 2.05) is 25.1 Å². The highest BCUT2D eigenvalue weighted by Crippen LogP contribution is 2.27. The highest BCUT2D eigenvalue weighted by molar-refractivity contribution is 9.10. The smallest absolute Gasteiger partial charge is 0.124 e. The molecule has 18 heavy (non-hydrogen) atoms. The van der Waals surface area contributed by atoms with Crippen molar-refractivity contribution in [2.75, 3.05) is 19.8 Å². The molecule has 1 aromatic rings. The van der Waals surface area contributed by atoms with Gasteiger partial charge in [-0.3, -0.25) is 0 Å². The molecular weight excluding hydrogens is 294 g/mol. The average Bonchev–Trinajstić information content (AvgIpc) is 2.29. The largest absolute Gasteiger partial charge is 0.491 e. The maximum Gasteiger partial charge on any atom is 0.124 e. The predicted octanol–water partition coefficient (Wildman–Crippen LogP) is 3.52. The van der Waals surface area contributed by atoms with Gasteiger partial charge in [-0.2, -0.15) is 0 Å². The van der Waals surface area contributed by atoms with Crippen LogP contribution in [0.25, 0.3) is 0 Å². The number of benzene rings is 1. The molecule has 0 bridgehead atoms. The van der Waals surface area contributed by atoms with Gasteiger partial charge in [0.1, 0.15) is 12.4 Å². The molecule has 102 valence electrons. The average molecular weight is 316 g/mol. The third-order valence-corrected chi connectivity index (χ3v) is 2.89. The van der Waals surface area contributed by atoms with Crippen molar-refractivity contribution in [2.24, 2.45) is 11.7 Å². The molecule has 2 N–H and O–H groups in total. The third kappa shape index (κ3) is 5.38. The van der Waals surface area contributed by atoms with Crippen LogP contribution >= 0.6 is 15.9 Å². The second-order valence-electron chi connectivity index (χ2n) is 4.79. The van der Waals surface area contributed by atoms with Crippen molar-refractivity contribution in [3.63, 3.8) is 0 Å². The van der Waals surface area contributed by atoms with Crippen molar-refractivity contribution in [3.05, 3.63) is 28.2 Å². The molecule has 0 spiro atoms. The number of hydrogen-bond acceptors (Lipinski definition) is 3. The number of ether oxygens (including phenoxy) is 2. The molecule has 0 fully saturated rings. The lowest BCUT2D eigenvalue weighted by atomic mass is 10.1.